The fourth-order valence-electron chi connectivity index (χ4n) is 1.60. The minimum atomic E-state index is -4.39. The van der Waals surface area contributed by atoms with Crippen LogP contribution in [0.1, 0.15) is 4.88 Å². The number of ether oxygens (including phenoxy) is 1. The minimum absolute atomic E-state index is 0.161. The zero-order valence-corrected chi connectivity index (χ0v) is 13.6. The third-order valence-corrected chi connectivity index (χ3v) is 4.81. The number of alkyl halides is 3. The maximum absolute atomic E-state index is 12.4. The molecule has 0 amide bonds. The van der Waals surface area contributed by atoms with Crippen LogP contribution in [-0.4, -0.2) is 32.8 Å². The van der Waals surface area contributed by atoms with Gasteiger partial charge in [-0.1, -0.05) is 11.3 Å². The molecular weight excluding hydrogens is 353 g/mol. The molecule has 0 saturated carbocycles. The molecule has 126 valence electrons. The fraction of sp³-hybridized carbons (Fsp3) is 0.308. The van der Waals surface area contributed by atoms with Crippen LogP contribution < -0.4 is 10.1 Å². The van der Waals surface area contributed by atoms with E-state index in [-0.39, 0.29) is 23.2 Å². The summed E-state index contributed by atoms with van der Waals surface area (Å²) in [4.78, 5) is 3.05. The summed E-state index contributed by atoms with van der Waals surface area (Å²) in [6, 6.07) is 5.88. The van der Waals surface area contributed by atoms with Crippen molar-refractivity contribution in [2.45, 2.75) is 11.1 Å². The number of halogens is 3. The van der Waals surface area contributed by atoms with Crippen LogP contribution in [0.4, 0.5) is 18.3 Å². The quantitative estimate of drug-likeness (QED) is 0.796. The maximum atomic E-state index is 12.4. The Morgan fingerprint density at radius 3 is 2.43 bits per heavy atom. The Bertz CT molecular complexity index is 756. The van der Waals surface area contributed by atoms with E-state index in [9.17, 15) is 21.6 Å². The molecular formula is C13H13F3N2O3S2. The van der Waals surface area contributed by atoms with Crippen LogP contribution in [0, 0.1) is 0 Å². The van der Waals surface area contributed by atoms with Crippen LogP contribution in [0.3, 0.4) is 0 Å². The third-order valence-electron chi connectivity index (χ3n) is 2.68. The Labute approximate surface area is 135 Å². The Morgan fingerprint density at radius 1 is 1.26 bits per heavy atom. The van der Waals surface area contributed by atoms with Crippen molar-refractivity contribution < 1.29 is 26.3 Å². The first-order valence-corrected chi connectivity index (χ1v) is 9.07. The van der Waals surface area contributed by atoms with Crippen molar-refractivity contribution in [1.29, 1.82) is 0 Å². The summed E-state index contributed by atoms with van der Waals surface area (Å²) in [7, 11) is -3.26. The number of nitrogens with one attached hydrogen (secondary N) is 1. The van der Waals surface area contributed by atoms with E-state index >= 15 is 0 Å². The minimum Gasteiger partial charge on any atom is -0.492 e. The molecule has 0 aliphatic heterocycles. The van der Waals surface area contributed by atoms with Gasteiger partial charge in [-0.15, -0.1) is 0 Å². The predicted octanol–water partition coefficient (Wildman–Crippen LogP) is 3.06. The lowest BCUT2D eigenvalue weighted by molar-refractivity contribution is -0.134. The first kappa shape index (κ1) is 17.5. The molecule has 1 N–H and O–H groups in total. The standard InChI is InChI=1S/C13H13F3N2O3S2/c1-23(19,20)10-4-2-9(3-5-10)21-7-6-17-12-18-8-11(22-12)13(14,15)16/h2-5,8H,6-7H2,1H3,(H,17,18). The monoisotopic (exact) mass is 366 g/mol. The number of thiazole rings is 1. The van der Waals surface area contributed by atoms with E-state index in [1.807, 2.05) is 0 Å². The highest BCUT2D eigenvalue weighted by atomic mass is 32.2. The van der Waals surface area contributed by atoms with Gasteiger partial charge >= 0.3 is 6.18 Å². The number of hydrogen-bond donors (Lipinski definition) is 1. The van der Waals surface area contributed by atoms with Crippen LogP contribution in [0.25, 0.3) is 0 Å². The molecule has 10 heteroatoms. The zero-order valence-electron chi connectivity index (χ0n) is 11.9. The molecule has 0 bridgehead atoms. The molecule has 1 aromatic heterocycles. The number of anilines is 1. The molecule has 0 saturated heterocycles. The SMILES string of the molecule is CS(=O)(=O)c1ccc(OCCNc2ncc(C(F)(F)F)s2)cc1. The molecule has 1 heterocycles. The average molecular weight is 366 g/mol. The molecule has 5 nitrogen and oxygen atoms in total. The molecule has 0 aliphatic carbocycles. The maximum Gasteiger partial charge on any atom is 0.427 e. The van der Waals surface area contributed by atoms with Gasteiger partial charge in [0.25, 0.3) is 0 Å². The second-order valence-corrected chi connectivity index (χ2v) is 7.59. The molecule has 0 unspecified atom stereocenters. The van der Waals surface area contributed by atoms with Crippen LogP contribution in [-0.2, 0) is 16.0 Å². The summed E-state index contributed by atoms with van der Waals surface area (Å²) in [5.74, 6) is 0.467. The smallest absolute Gasteiger partial charge is 0.427 e. The van der Waals surface area contributed by atoms with Crippen LogP contribution in [0.2, 0.25) is 0 Å². The van der Waals surface area contributed by atoms with Crippen molar-refractivity contribution in [2.24, 2.45) is 0 Å². The van der Waals surface area contributed by atoms with E-state index in [4.69, 9.17) is 4.74 Å². The lowest BCUT2D eigenvalue weighted by atomic mass is 10.3. The van der Waals surface area contributed by atoms with Gasteiger partial charge in [0, 0.05) is 6.26 Å². The van der Waals surface area contributed by atoms with E-state index in [1.54, 1.807) is 0 Å². The van der Waals surface area contributed by atoms with Crippen molar-refractivity contribution >= 4 is 26.3 Å². The zero-order chi connectivity index (χ0) is 17.1. The fourth-order valence-corrected chi connectivity index (χ4v) is 2.94. The van der Waals surface area contributed by atoms with Gasteiger partial charge in [-0.2, -0.15) is 13.2 Å². The van der Waals surface area contributed by atoms with Crippen molar-refractivity contribution in [3.63, 3.8) is 0 Å². The van der Waals surface area contributed by atoms with Gasteiger partial charge in [-0.05, 0) is 24.3 Å². The van der Waals surface area contributed by atoms with Gasteiger partial charge in [0.2, 0.25) is 0 Å². The van der Waals surface area contributed by atoms with E-state index in [0.717, 1.165) is 12.5 Å². The highest BCUT2D eigenvalue weighted by molar-refractivity contribution is 7.90. The topological polar surface area (TPSA) is 68.3 Å². The molecule has 2 rings (SSSR count). The second-order valence-electron chi connectivity index (χ2n) is 4.55. The highest BCUT2D eigenvalue weighted by Gasteiger charge is 2.33. The van der Waals surface area contributed by atoms with Gasteiger partial charge in [-0.25, -0.2) is 13.4 Å². The summed E-state index contributed by atoms with van der Waals surface area (Å²) >= 11 is 0.521. The predicted molar refractivity (Wildman–Crippen MR) is 80.7 cm³/mol. The first-order valence-electron chi connectivity index (χ1n) is 6.36. The Balaban J connectivity index is 1.80. The lowest BCUT2D eigenvalue weighted by Gasteiger charge is -2.07. The number of rotatable bonds is 6. The number of benzene rings is 1. The normalized spacial score (nSPS) is 12.2. The molecule has 1 aromatic carbocycles. The van der Waals surface area contributed by atoms with E-state index < -0.39 is 20.9 Å². The van der Waals surface area contributed by atoms with Crippen molar-refractivity contribution in [3.8, 4) is 5.75 Å². The summed E-state index contributed by atoms with van der Waals surface area (Å²) in [5, 5.41) is 2.89. The molecule has 0 atom stereocenters. The molecule has 0 radical (unpaired) electrons. The molecule has 0 spiro atoms. The summed E-state index contributed by atoms with van der Waals surface area (Å²) in [6.07, 6.45) is -2.51. The van der Waals surface area contributed by atoms with Crippen molar-refractivity contribution in [1.82, 2.24) is 4.98 Å². The van der Waals surface area contributed by atoms with Gasteiger partial charge < -0.3 is 10.1 Å². The van der Waals surface area contributed by atoms with E-state index in [2.05, 4.69) is 10.3 Å². The van der Waals surface area contributed by atoms with Crippen LogP contribution in [0.5, 0.6) is 5.75 Å². The highest BCUT2D eigenvalue weighted by Crippen LogP contribution is 2.34. The number of nitrogens with zero attached hydrogens (tertiary/aromatic N) is 1. The largest absolute Gasteiger partial charge is 0.492 e. The first-order chi connectivity index (χ1) is 10.7. The van der Waals surface area contributed by atoms with Gasteiger partial charge in [0.15, 0.2) is 15.0 Å². The van der Waals surface area contributed by atoms with Crippen LogP contribution in [0.15, 0.2) is 35.4 Å². The number of aromatic nitrogens is 1. The van der Waals surface area contributed by atoms with Crippen LogP contribution >= 0.6 is 11.3 Å². The van der Waals surface area contributed by atoms with Gasteiger partial charge in [-0.3, -0.25) is 0 Å². The van der Waals surface area contributed by atoms with Gasteiger partial charge in [0.05, 0.1) is 17.6 Å². The lowest BCUT2D eigenvalue weighted by Crippen LogP contribution is -2.11. The Kier molecular flexibility index (Phi) is 5.15. The second kappa shape index (κ2) is 6.75. The summed E-state index contributed by atoms with van der Waals surface area (Å²) < 4.78 is 65.2. The number of sulfone groups is 1. The molecule has 0 aliphatic rings. The average Bonchev–Trinajstić information content (AvgIpc) is 2.92. The van der Waals surface area contributed by atoms with E-state index in [1.165, 1.54) is 24.3 Å². The molecule has 23 heavy (non-hydrogen) atoms. The third kappa shape index (κ3) is 5.10. The summed E-state index contributed by atoms with van der Waals surface area (Å²) in [5.41, 5.74) is 0. The van der Waals surface area contributed by atoms with Gasteiger partial charge in [0.1, 0.15) is 17.2 Å². The number of hydrogen-bond acceptors (Lipinski definition) is 6. The Hall–Kier alpha value is -1.81. The molecule has 0 fully saturated rings. The Morgan fingerprint density at radius 2 is 1.91 bits per heavy atom. The van der Waals surface area contributed by atoms with Crippen molar-refractivity contribution in [3.05, 3.63) is 35.3 Å². The van der Waals surface area contributed by atoms with E-state index in [0.29, 0.717) is 17.1 Å². The summed E-state index contributed by atoms with van der Waals surface area (Å²) in [6.45, 7) is 0.456. The van der Waals surface area contributed by atoms with Crippen molar-refractivity contribution in [2.75, 3.05) is 24.7 Å². The molecule has 2 aromatic rings.